The predicted molar refractivity (Wildman–Crippen MR) is 102 cm³/mol. The monoisotopic (exact) mass is 334 g/mol. The zero-order valence-corrected chi connectivity index (χ0v) is 15.6. The molecule has 1 aromatic heterocycles. The van der Waals surface area contributed by atoms with Crippen molar-refractivity contribution in [2.24, 2.45) is 5.92 Å². The molecule has 1 N–H and O–H groups in total. The van der Waals surface area contributed by atoms with Crippen LogP contribution in [0.1, 0.15) is 51.9 Å². The quantitative estimate of drug-likeness (QED) is 0.923. The molecule has 0 atom stereocenters. The van der Waals surface area contributed by atoms with E-state index in [1.807, 2.05) is 6.07 Å². The molecule has 2 aliphatic rings. The highest BCUT2D eigenvalue weighted by atomic mass is 16.1. The van der Waals surface area contributed by atoms with Crippen LogP contribution in [0.25, 0.3) is 0 Å². The van der Waals surface area contributed by atoms with Crippen molar-refractivity contribution in [2.75, 3.05) is 38.1 Å². The van der Waals surface area contributed by atoms with Crippen LogP contribution < -0.4 is 10.2 Å². The molecule has 5 heteroatoms. The Morgan fingerprint density at radius 2 is 1.92 bits per heavy atom. The lowest BCUT2D eigenvalue weighted by atomic mass is 9.96. The molecular formula is C19H34N4O. The third-order valence-electron chi connectivity index (χ3n) is 4.77. The van der Waals surface area contributed by atoms with Gasteiger partial charge >= 0.3 is 0 Å². The minimum atomic E-state index is -0.134. The van der Waals surface area contributed by atoms with Crippen LogP contribution in [0, 0.1) is 5.92 Å². The van der Waals surface area contributed by atoms with Crippen molar-refractivity contribution < 1.29 is 6.22 Å². The zero-order valence-electron chi connectivity index (χ0n) is 15.6. The maximum atomic E-state index is 11.5. The fourth-order valence-electron chi connectivity index (χ4n) is 3.13. The van der Waals surface area contributed by atoms with E-state index in [1.54, 1.807) is 19.3 Å². The summed E-state index contributed by atoms with van der Waals surface area (Å²) < 4.78 is 0. The molecule has 0 radical (unpaired) electrons. The maximum Gasteiger partial charge on any atom is 0.269 e. The average Bonchev–Trinajstić information content (AvgIpc) is 2.56. The minimum absolute atomic E-state index is 0. The molecule has 0 saturated carbocycles. The molecule has 0 aliphatic carbocycles. The Bertz CT molecular complexity index is 509. The predicted octanol–water partition coefficient (Wildman–Crippen LogP) is 3.02. The molecule has 2 saturated heterocycles. The molecule has 3 rings (SSSR count). The number of carbonyl (C=O) groups excluding carboxylic acids is 1. The fraction of sp³-hybridized carbons (Fsp3) is 0.684. The lowest BCUT2D eigenvalue weighted by molar-refractivity contribution is 0.0958. The lowest BCUT2D eigenvalue weighted by Gasteiger charge is -2.48. The van der Waals surface area contributed by atoms with Gasteiger partial charge in [0.05, 0.1) is 11.9 Å². The number of nitrogens with zero attached hydrogens (tertiary/aromatic N) is 3. The summed E-state index contributed by atoms with van der Waals surface area (Å²) in [6.07, 6.45) is 5.72. The van der Waals surface area contributed by atoms with E-state index in [0.29, 0.717) is 11.7 Å². The van der Waals surface area contributed by atoms with Gasteiger partial charge in [0.2, 0.25) is 0 Å². The maximum absolute atomic E-state index is 11.5. The summed E-state index contributed by atoms with van der Waals surface area (Å²) in [7, 11) is 1.62. The molecule has 0 spiro atoms. The van der Waals surface area contributed by atoms with Crippen molar-refractivity contribution in [1.29, 1.82) is 0 Å². The number of pyridine rings is 1. The normalized spacial score (nSPS) is 19.2. The molecule has 1 aromatic rings. The van der Waals surface area contributed by atoms with E-state index in [4.69, 9.17) is 0 Å². The highest BCUT2D eigenvalue weighted by molar-refractivity contribution is 5.92. The van der Waals surface area contributed by atoms with Gasteiger partial charge in [-0.1, -0.05) is 27.2 Å². The van der Waals surface area contributed by atoms with Crippen molar-refractivity contribution in [1.82, 2.24) is 15.2 Å². The first-order chi connectivity index (χ1) is 11.6. The second kappa shape index (κ2) is 9.02. The summed E-state index contributed by atoms with van der Waals surface area (Å²) in [5, 5.41) is 2.59. The van der Waals surface area contributed by atoms with Gasteiger partial charge in [-0.25, -0.2) is 4.98 Å². The van der Waals surface area contributed by atoms with Crippen LogP contribution in [0.15, 0.2) is 18.3 Å². The Balaban J connectivity index is 0.000000730. The number of piperidine rings is 1. The van der Waals surface area contributed by atoms with Gasteiger partial charge in [0.25, 0.3) is 5.91 Å². The fourth-order valence-corrected chi connectivity index (χ4v) is 3.13. The number of aromatic nitrogens is 1. The van der Waals surface area contributed by atoms with Gasteiger partial charge in [-0.3, -0.25) is 9.69 Å². The van der Waals surface area contributed by atoms with Crippen LogP contribution in [0.2, 0.25) is 0 Å². The van der Waals surface area contributed by atoms with Gasteiger partial charge < -0.3 is 10.2 Å². The third kappa shape index (κ3) is 4.69. The largest absolute Gasteiger partial charge is 0.367 e. The van der Waals surface area contributed by atoms with E-state index in [1.165, 1.54) is 32.4 Å². The van der Waals surface area contributed by atoms with Crippen molar-refractivity contribution >= 4 is 11.6 Å². The Labute approximate surface area is 147 Å². The van der Waals surface area contributed by atoms with E-state index < -0.39 is 0 Å². The van der Waals surface area contributed by atoms with Crippen LogP contribution in [-0.4, -0.2) is 55.1 Å². The van der Waals surface area contributed by atoms with E-state index in [-0.39, 0.29) is 7.33 Å². The molecule has 1 amide bonds. The molecule has 5 nitrogen and oxygen atoms in total. The molecule has 3 heterocycles. The second-order valence-electron chi connectivity index (χ2n) is 6.97. The molecule has 0 aromatic carbocycles. The first-order valence-corrected chi connectivity index (χ1v) is 9.26. The first-order valence-electron chi connectivity index (χ1n) is 9.26. The van der Waals surface area contributed by atoms with Gasteiger partial charge in [0.1, 0.15) is 5.69 Å². The molecule has 0 bridgehead atoms. The van der Waals surface area contributed by atoms with Gasteiger partial charge in [-0.2, -0.15) is 0 Å². The van der Waals surface area contributed by atoms with Crippen LogP contribution in [0.3, 0.4) is 0 Å². The molecule has 2 aliphatic heterocycles. The van der Waals surface area contributed by atoms with E-state index in [2.05, 4.69) is 40.9 Å². The smallest absolute Gasteiger partial charge is 0.269 e. The molecule has 24 heavy (non-hydrogen) atoms. The number of amides is 1. The Kier molecular flexibility index (Phi) is 7.03. The number of rotatable bonds is 3. The van der Waals surface area contributed by atoms with Crippen molar-refractivity contribution in [3.63, 3.8) is 0 Å². The van der Waals surface area contributed by atoms with Gasteiger partial charge in [-0.05, 0) is 44.0 Å². The average molecular weight is 335 g/mol. The van der Waals surface area contributed by atoms with E-state index >= 15 is 0 Å². The highest BCUT2D eigenvalue weighted by Crippen LogP contribution is 2.26. The number of nitrogens with one attached hydrogen (secondary N) is 1. The third-order valence-corrected chi connectivity index (χ3v) is 4.77. The standard InChI is InChI=1S/C16H24N4O.C3H8.H2/c1-12-5-7-19(8-6-12)14-10-20(11-14)13-3-4-15(18-9-13)16(21)17-2;1-3-2;/h3-4,9,12,14H,5-8,10-11H2,1-2H3,(H,17,21);3H2,1-2H3;1H. The summed E-state index contributed by atoms with van der Waals surface area (Å²) in [5.74, 6) is 0.754. The summed E-state index contributed by atoms with van der Waals surface area (Å²) in [6, 6.07) is 4.48. The van der Waals surface area contributed by atoms with Gasteiger partial charge in [-0.15, -0.1) is 0 Å². The van der Waals surface area contributed by atoms with Crippen molar-refractivity contribution in [2.45, 2.75) is 46.1 Å². The number of hydrogen-bond acceptors (Lipinski definition) is 4. The molecule has 2 fully saturated rings. The Morgan fingerprint density at radius 3 is 2.42 bits per heavy atom. The zero-order chi connectivity index (χ0) is 17.5. The van der Waals surface area contributed by atoms with Crippen LogP contribution in [-0.2, 0) is 0 Å². The lowest BCUT2D eigenvalue weighted by Crippen LogP contribution is -2.60. The number of likely N-dealkylation sites (tertiary alicyclic amines) is 1. The summed E-state index contributed by atoms with van der Waals surface area (Å²) >= 11 is 0. The van der Waals surface area contributed by atoms with Crippen molar-refractivity contribution in [3.8, 4) is 0 Å². The minimum Gasteiger partial charge on any atom is -0.367 e. The number of anilines is 1. The second-order valence-corrected chi connectivity index (χ2v) is 6.97. The van der Waals surface area contributed by atoms with Crippen molar-refractivity contribution in [3.05, 3.63) is 24.0 Å². The number of carbonyl (C=O) groups is 1. The molecule has 136 valence electrons. The summed E-state index contributed by atoms with van der Waals surface area (Å²) in [4.78, 5) is 20.7. The van der Waals surface area contributed by atoms with E-state index in [0.717, 1.165) is 24.7 Å². The summed E-state index contributed by atoms with van der Waals surface area (Å²) in [5.41, 5.74) is 1.59. The SMILES string of the molecule is CCC.CNC(=O)c1ccc(N2CC(N3CCC(C)CC3)C2)cn1.[HH]. The summed E-state index contributed by atoms with van der Waals surface area (Å²) in [6.45, 7) is 11.2. The number of hydrogen-bond donors (Lipinski definition) is 1. The van der Waals surface area contributed by atoms with Gasteiger partial charge in [0, 0.05) is 27.6 Å². The van der Waals surface area contributed by atoms with E-state index in [9.17, 15) is 4.79 Å². The highest BCUT2D eigenvalue weighted by Gasteiger charge is 2.33. The molecule has 0 unspecified atom stereocenters. The molecular weight excluding hydrogens is 300 g/mol. The van der Waals surface area contributed by atoms with Crippen LogP contribution >= 0.6 is 0 Å². The topological polar surface area (TPSA) is 48.5 Å². The van der Waals surface area contributed by atoms with Crippen LogP contribution in [0.5, 0.6) is 0 Å². The van der Waals surface area contributed by atoms with Gasteiger partial charge in [0.15, 0.2) is 0 Å². The Hall–Kier alpha value is -1.62. The Morgan fingerprint density at radius 1 is 1.29 bits per heavy atom. The van der Waals surface area contributed by atoms with Crippen LogP contribution in [0.4, 0.5) is 5.69 Å². The first kappa shape index (κ1) is 18.7.